The quantitative estimate of drug-likeness (QED) is 0.398. The average Bonchev–Trinajstić information content (AvgIpc) is 3.42. The monoisotopic (exact) mass is 490 g/mol. The second-order valence-electron chi connectivity index (χ2n) is 9.29. The zero-order valence-electron chi connectivity index (χ0n) is 20.0. The Morgan fingerprint density at radius 3 is 2.51 bits per heavy atom. The summed E-state index contributed by atoms with van der Waals surface area (Å²) in [6.45, 7) is 6.22. The molecule has 4 aromatic rings. The number of carbonyl (C=O) groups excluding carboxylic acids is 2. The van der Waals surface area contributed by atoms with Gasteiger partial charge in [0, 0.05) is 30.3 Å². The number of amides is 2. The molecule has 0 saturated heterocycles. The highest BCUT2D eigenvalue weighted by molar-refractivity contribution is 6.33. The zero-order valence-corrected chi connectivity index (χ0v) is 20.8. The molecule has 9 heteroatoms. The molecule has 2 N–H and O–H groups in total. The number of benzene rings is 2. The van der Waals surface area contributed by atoms with Crippen LogP contribution in [0.5, 0.6) is 0 Å². The Morgan fingerprint density at radius 2 is 1.80 bits per heavy atom. The van der Waals surface area contributed by atoms with Gasteiger partial charge in [0.05, 0.1) is 34.7 Å². The maximum Gasteiger partial charge on any atom is 0.256 e. The fraction of sp³-hybridized carbons (Fsp3) is 0.231. The molecule has 2 aromatic carbocycles. The molecular formula is C26H27ClN6O2. The number of nitrogens with one attached hydrogen (secondary N) is 2. The first-order valence-electron chi connectivity index (χ1n) is 11.1. The summed E-state index contributed by atoms with van der Waals surface area (Å²) in [5.41, 5.74) is 3.25. The van der Waals surface area contributed by atoms with E-state index < -0.39 is 0 Å². The lowest BCUT2D eigenvalue weighted by Crippen LogP contribution is -2.15. The third-order valence-corrected chi connectivity index (χ3v) is 5.74. The number of aromatic nitrogens is 4. The minimum absolute atomic E-state index is 0.122. The van der Waals surface area contributed by atoms with E-state index >= 15 is 0 Å². The summed E-state index contributed by atoms with van der Waals surface area (Å²) in [7, 11) is 1.80. The molecule has 0 unspecified atom stereocenters. The zero-order chi connectivity index (χ0) is 25.2. The normalized spacial score (nSPS) is 11.3. The van der Waals surface area contributed by atoms with Crippen LogP contribution in [-0.2, 0) is 23.7 Å². The van der Waals surface area contributed by atoms with Crippen molar-refractivity contribution in [3.05, 3.63) is 88.8 Å². The van der Waals surface area contributed by atoms with Crippen LogP contribution in [0.25, 0.3) is 5.69 Å². The van der Waals surface area contributed by atoms with E-state index in [1.54, 1.807) is 71.3 Å². The molecular weight excluding hydrogens is 464 g/mol. The second-order valence-corrected chi connectivity index (χ2v) is 9.70. The number of hydrogen-bond donors (Lipinski definition) is 2. The summed E-state index contributed by atoms with van der Waals surface area (Å²) in [5.74, 6) is 0.176. The SMILES string of the molecule is Cn1nc(C(C)(C)C)cc1NC(=O)c1cccc(-n2cc(CC(=O)Nc3ccccc3Cl)cn2)c1. The number of carbonyl (C=O) groups is 2. The van der Waals surface area contributed by atoms with Crippen molar-refractivity contribution in [1.29, 1.82) is 0 Å². The van der Waals surface area contributed by atoms with E-state index in [4.69, 9.17) is 11.6 Å². The van der Waals surface area contributed by atoms with Crippen molar-refractivity contribution in [2.75, 3.05) is 10.6 Å². The summed E-state index contributed by atoms with van der Waals surface area (Å²) >= 11 is 6.11. The van der Waals surface area contributed by atoms with Crippen LogP contribution in [-0.4, -0.2) is 31.4 Å². The largest absolute Gasteiger partial charge is 0.324 e. The number of para-hydroxylation sites is 1. The molecule has 4 rings (SSSR count). The van der Waals surface area contributed by atoms with E-state index in [9.17, 15) is 9.59 Å². The molecule has 0 spiro atoms. The molecule has 35 heavy (non-hydrogen) atoms. The van der Waals surface area contributed by atoms with E-state index in [0.717, 1.165) is 11.3 Å². The highest BCUT2D eigenvalue weighted by Crippen LogP contribution is 2.24. The Labute approximate surface area is 208 Å². The molecule has 0 fully saturated rings. The van der Waals surface area contributed by atoms with Gasteiger partial charge in [-0.15, -0.1) is 0 Å². The summed E-state index contributed by atoms with van der Waals surface area (Å²) < 4.78 is 3.30. The summed E-state index contributed by atoms with van der Waals surface area (Å²) in [4.78, 5) is 25.3. The van der Waals surface area contributed by atoms with Gasteiger partial charge >= 0.3 is 0 Å². The highest BCUT2D eigenvalue weighted by atomic mass is 35.5. The molecule has 0 aliphatic rings. The average molecular weight is 491 g/mol. The van der Waals surface area contributed by atoms with Gasteiger partial charge in [0.1, 0.15) is 5.82 Å². The summed E-state index contributed by atoms with van der Waals surface area (Å²) in [6.07, 6.45) is 3.53. The van der Waals surface area contributed by atoms with Crippen molar-refractivity contribution in [2.24, 2.45) is 7.05 Å². The number of halogens is 1. The van der Waals surface area contributed by atoms with Crippen molar-refractivity contribution in [3.63, 3.8) is 0 Å². The van der Waals surface area contributed by atoms with Crippen LogP contribution in [0.15, 0.2) is 67.0 Å². The molecule has 2 aromatic heterocycles. The Hall–Kier alpha value is -3.91. The van der Waals surface area contributed by atoms with Gasteiger partial charge in [0.15, 0.2) is 0 Å². The van der Waals surface area contributed by atoms with Crippen LogP contribution in [0, 0.1) is 0 Å². The minimum atomic E-state index is -0.248. The summed E-state index contributed by atoms with van der Waals surface area (Å²) in [6, 6.07) is 16.1. The first-order chi connectivity index (χ1) is 16.6. The van der Waals surface area contributed by atoms with Crippen LogP contribution < -0.4 is 10.6 Å². The van der Waals surface area contributed by atoms with Gasteiger partial charge in [-0.1, -0.05) is 50.6 Å². The smallest absolute Gasteiger partial charge is 0.256 e. The van der Waals surface area contributed by atoms with E-state index in [-0.39, 0.29) is 23.7 Å². The molecule has 0 aliphatic carbocycles. The number of nitrogens with zero attached hydrogens (tertiary/aromatic N) is 4. The van der Waals surface area contributed by atoms with Crippen molar-refractivity contribution < 1.29 is 9.59 Å². The van der Waals surface area contributed by atoms with Crippen molar-refractivity contribution in [2.45, 2.75) is 32.6 Å². The molecule has 8 nitrogen and oxygen atoms in total. The van der Waals surface area contributed by atoms with E-state index in [0.29, 0.717) is 27.8 Å². The predicted octanol–water partition coefficient (Wildman–Crippen LogP) is 4.99. The molecule has 2 heterocycles. The lowest BCUT2D eigenvalue weighted by atomic mass is 9.92. The Kier molecular flexibility index (Phi) is 6.75. The predicted molar refractivity (Wildman–Crippen MR) is 137 cm³/mol. The highest BCUT2D eigenvalue weighted by Gasteiger charge is 2.20. The van der Waals surface area contributed by atoms with Gasteiger partial charge in [0.2, 0.25) is 5.91 Å². The Bertz CT molecular complexity index is 1380. The van der Waals surface area contributed by atoms with Crippen LogP contribution in [0.2, 0.25) is 5.02 Å². The summed E-state index contributed by atoms with van der Waals surface area (Å²) in [5, 5.41) is 15.1. The Morgan fingerprint density at radius 1 is 1.03 bits per heavy atom. The fourth-order valence-corrected chi connectivity index (χ4v) is 3.65. The number of anilines is 2. The van der Waals surface area contributed by atoms with Crippen molar-refractivity contribution in [3.8, 4) is 5.69 Å². The van der Waals surface area contributed by atoms with Gasteiger partial charge in [-0.05, 0) is 35.9 Å². The van der Waals surface area contributed by atoms with Crippen molar-refractivity contribution in [1.82, 2.24) is 19.6 Å². The van der Waals surface area contributed by atoms with Gasteiger partial charge in [-0.25, -0.2) is 4.68 Å². The van der Waals surface area contributed by atoms with Gasteiger partial charge in [-0.2, -0.15) is 10.2 Å². The molecule has 0 radical (unpaired) electrons. The number of rotatable bonds is 6. The topological polar surface area (TPSA) is 93.8 Å². The number of hydrogen-bond acceptors (Lipinski definition) is 4. The third kappa shape index (κ3) is 5.78. The maximum absolute atomic E-state index is 12.9. The lowest BCUT2D eigenvalue weighted by Gasteiger charge is -2.13. The molecule has 2 amide bonds. The van der Waals surface area contributed by atoms with Gasteiger partial charge in [0.25, 0.3) is 5.91 Å². The number of aryl methyl sites for hydroxylation is 1. The molecule has 0 aliphatic heterocycles. The minimum Gasteiger partial charge on any atom is -0.324 e. The van der Waals surface area contributed by atoms with E-state index in [1.807, 2.05) is 12.1 Å². The standard InChI is InChI=1S/C26H27ClN6O2/c1-26(2,3)22-14-23(32(4)31-22)30-25(35)18-8-7-9-19(13-18)33-16-17(15-28-33)12-24(34)29-21-11-6-5-10-20(21)27/h5-11,13-16H,12H2,1-4H3,(H,29,34)(H,30,35). The van der Waals surface area contributed by atoms with Crippen LogP contribution in [0.4, 0.5) is 11.5 Å². The molecule has 0 saturated carbocycles. The van der Waals surface area contributed by atoms with Crippen LogP contribution in [0.3, 0.4) is 0 Å². The van der Waals surface area contributed by atoms with E-state index in [2.05, 4.69) is 41.6 Å². The van der Waals surface area contributed by atoms with E-state index in [1.165, 1.54) is 0 Å². The second kappa shape index (κ2) is 9.76. The Balaban J connectivity index is 1.45. The van der Waals surface area contributed by atoms with Gasteiger partial charge in [-0.3, -0.25) is 14.3 Å². The lowest BCUT2D eigenvalue weighted by molar-refractivity contribution is -0.115. The van der Waals surface area contributed by atoms with Crippen LogP contribution in [0.1, 0.15) is 42.4 Å². The first-order valence-corrected chi connectivity index (χ1v) is 11.5. The molecule has 180 valence electrons. The van der Waals surface area contributed by atoms with Crippen molar-refractivity contribution >= 4 is 34.9 Å². The first kappa shape index (κ1) is 24.2. The maximum atomic E-state index is 12.9. The van der Waals surface area contributed by atoms with Crippen LogP contribution >= 0.6 is 11.6 Å². The molecule has 0 bridgehead atoms. The van der Waals surface area contributed by atoms with Gasteiger partial charge < -0.3 is 10.6 Å². The third-order valence-electron chi connectivity index (χ3n) is 5.41. The fourth-order valence-electron chi connectivity index (χ4n) is 3.46. The molecule has 0 atom stereocenters.